The first-order valence-corrected chi connectivity index (χ1v) is 3.08. The zero-order valence-electron chi connectivity index (χ0n) is 5.66. The van der Waals surface area contributed by atoms with E-state index in [4.69, 9.17) is 10.8 Å². The first-order valence-electron chi connectivity index (χ1n) is 3.08. The van der Waals surface area contributed by atoms with Crippen LogP contribution >= 0.6 is 12.4 Å². The molecule has 5 heteroatoms. The fraction of sp³-hybridized carbons (Fsp3) is 1.00. The second kappa shape index (κ2) is 3.85. The molecule has 1 heterocycles. The highest BCUT2D eigenvalue weighted by Crippen LogP contribution is 2.34. The molecule has 4 nitrogen and oxygen atoms in total. The number of nitrogens with two attached hydrogens (primary N) is 1. The minimum atomic E-state index is -0.274. The van der Waals surface area contributed by atoms with Crippen molar-refractivity contribution in [3.05, 3.63) is 0 Å². The topological polar surface area (TPSA) is 71.0 Å². The lowest BCUT2D eigenvalue weighted by Gasteiger charge is -2.04. The minimum absolute atomic E-state index is 0. The van der Waals surface area contributed by atoms with Crippen molar-refractivity contribution in [1.82, 2.24) is 0 Å². The first-order chi connectivity index (χ1) is 4.33. The standard InChI is InChI=1S/C5H11N3O.ClH/c6-3-1-5(2-4-9)7-8-5;/h9H,1-4,6H2;1H. The normalized spacial score (nSPS) is 18.2. The van der Waals surface area contributed by atoms with Crippen LogP contribution in [0.1, 0.15) is 12.8 Å². The van der Waals surface area contributed by atoms with Gasteiger partial charge in [0.25, 0.3) is 0 Å². The lowest BCUT2D eigenvalue weighted by molar-refractivity contribution is 0.263. The summed E-state index contributed by atoms with van der Waals surface area (Å²) in [5.41, 5.74) is 5.01. The molecular formula is C5H12ClN3O. The average molecular weight is 166 g/mol. The molecule has 60 valence electrons. The van der Waals surface area contributed by atoms with Gasteiger partial charge in [-0.15, -0.1) is 12.4 Å². The molecule has 0 aromatic rings. The van der Waals surface area contributed by atoms with Crippen molar-refractivity contribution in [2.75, 3.05) is 13.2 Å². The molecule has 0 atom stereocenters. The van der Waals surface area contributed by atoms with Crippen molar-refractivity contribution in [2.24, 2.45) is 16.0 Å². The van der Waals surface area contributed by atoms with Crippen LogP contribution in [-0.2, 0) is 0 Å². The van der Waals surface area contributed by atoms with Crippen LogP contribution in [0.3, 0.4) is 0 Å². The quantitative estimate of drug-likeness (QED) is 0.629. The number of aliphatic hydroxyl groups excluding tert-OH is 1. The van der Waals surface area contributed by atoms with Gasteiger partial charge in [0.05, 0.1) is 0 Å². The molecule has 0 saturated carbocycles. The van der Waals surface area contributed by atoms with Gasteiger partial charge in [-0.3, -0.25) is 0 Å². The Labute approximate surface area is 65.9 Å². The molecule has 0 fully saturated rings. The highest BCUT2D eigenvalue weighted by atomic mass is 35.5. The van der Waals surface area contributed by atoms with E-state index in [0.29, 0.717) is 13.0 Å². The van der Waals surface area contributed by atoms with Gasteiger partial charge in [0.15, 0.2) is 5.66 Å². The van der Waals surface area contributed by atoms with Gasteiger partial charge in [-0.25, -0.2) is 0 Å². The molecule has 0 radical (unpaired) electrons. The van der Waals surface area contributed by atoms with Gasteiger partial charge in [0.2, 0.25) is 0 Å². The average Bonchev–Trinajstić information content (AvgIpc) is 2.51. The third-order valence-corrected chi connectivity index (χ3v) is 1.44. The summed E-state index contributed by atoms with van der Waals surface area (Å²) in [4.78, 5) is 0. The highest BCUT2D eigenvalue weighted by molar-refractivity contribution is 5.85. The Hall–Kier alpha value is -0.190. The highest BCUT2D eigenvalue weighted by Gasteiger charge is 2.37. The van der Waals surface area contributed by atoms with E-state index in [-0.39, 0.29) is 24.7 Å². The Morgan fingerprint density at radius 2 is 1.90 bits per heavy atom. The van der Waals surface area contributed by atoms with Crippen molar-refractivity contribution in [3.8, 4) is 0 Å². The number of hydrogen-bond donors (Lipinski definition) is 2. The van der Waals surface area contributed by atoms with Crippen LogP contribution in [0, 0.1) is 0 Å². The van der Waals surface area contributed by atoms with E-state index < -0.39 is 0 Å². The maximum absolute atomic E-state index is 8.51. The molecule has 0 aliphatic carbocycles. The molecule has 0 aromatic carbocycles. The molecule has 0 amide bonds. The Morgan fingerprint density at radius 3 is 2.20 bits per heavy atom. The van der Waals surface area contributed by atoms with E-state index in [1.807, 2.05) is 0 Å². The molecule has 1 aliphatic rings. The first kappa shape index (κ1) is 9.81. The van der Waals surface area contributed by atoms with E-state index in [1.165, 1.54) is 0 Å². The van der Waals surface area contributed by atoms with Crippen molar-refractivity contribution >= 4 is 12.4 Å². The predicted octanol–water partition coefficient (Wildman–Crippen LogP) is 0.301. The molecule has 3 N–H and O–H groups in total. The minimum Gasteiger partial charge on any atom is -0.396 e. The van der Waals surface area contributed by atoms with Crippen LogP contribution in [-0.4, -0.2) is 23.9 Å². The maximum atomic E-state index is 8.51. The van der Waals surface area contributed by atoms with Gasteiger partial charge >= 0.3 is 0 Å². The Morgan fingerprint density at radius 1 is 1.30 bits per heavy atom. The third-order valence-electron chi connectivity index (χ3n) is 1.44. The summed E-state index contributed by atoms with van der Waals surface area (Å²) in [6, 6.07) is 0. The van der Waals surface area contributed by atoms with Gasteiger partial charge in [-0.2, -0.15) is 10.2 Å². The molecule has 0 unspecified atom stereocenters. The number of nitrogens with zero attached hydrogens (tertiary/aromatic N) is 2. The molecule has 0 bridgehead atoms. The zero-order chi connectivity index (χ0) is 6.74. The molecular weight excluding hydrogens is 154 g/mol. The fourth-order valence-electron chi connectivity index (χ4n) is 0.806. The number of hydrogen-bond acceptors (Lipinski definition) is 4. The lowest BCUT2D eigenvalue weighted by Crippen LogP contribution is -2.18. The van der Waals surface area contributed by atoms with Gasteiger partial charge in [0.1, 0.15) is 0 Å². The molecule has 1 aliphatic heterocycles. The Balaban J connectivity index is 0.000000810. The zero-order valence-corrected chi connectivity index (χ0v) is 6.47. The van der Waals surface area contributed by atoms with Gasteiger partial charge in [0, 0.05) is 19.4 Å². The van der Waals surface area contributed by atoms with Crippen LogP contribution in [0.2, 0.25) is 0 Å². The summed E-state index contributed by atoms with van der Waals surface area (Å²) in [5.74, 6) is 0. The molecule has 0 aromatic heterocycles. The summed E-state index contributed by atoms with van der Waals surface area (Å²) < 4.78 is 0. The van der Waals surface area contributed by atoms with Crippen LogP contribution in [0.25, 0.3) is 0 Å². The number of rotatable bonds is 4. The molecule has 10 heavy (non-hydrogen) atoms. The van der Waals surface area contributed by atoms with E-state index in [9.17, 15) is 0 Å². The number of aliphatic hydroxyl groups is 1. The summed E-state index contributed by atoms with van der Waals surface area (Å²) in [5, 5.41) is 16.1. The Kier molecular flexibility index (Phi) is 3.78. The maximum Gasteiger partial charge on any atom is 0.194 e. The molecule has 0 spiro atoms. The second-order valence-electron chi connectivity index (χ2n) is 2.19. The van der Waals surface area contributed by atoms with E-state index >= 15 is 0 Å². The van der Waals surface area contributed by atoms with Crippen LogP contribution < -0.4 is 5.73 Å². The van der Waals surface area contributed by atoms with Gasteiger partial charge in [-0.05, 0) is 6.54 Å². The fourth-order valence-corrected chi connectivity index (χ4v) is 0.806. The van der Waals surface area contributed by atoms with Crippen LogP contribution in [0.5, 0.6) is 0 Å². The molecule has 0 saturated heterocycles. The van der Waals surface area contributed by atoms with Crippen molar-refractivity contribution in [1.29, 1.82) is 0 Å². The van der Waals surface area contributed by atoms with Gasteiger partial charge < -0.3 is 10.8 Å². The lowest BCUT2D eigenvalue weighted by atomic mass is 10.1. The van der Waals surface area contributed by atoms with E-state index in [1.54, 1.807) is 0 Å². The number of halogens is 1. The van der Waals surface area contributed by atoms with E-state index in [2.05, 4.69) is 10.2 Å². The monoisotopic (exact) mass is 165 g/mol. The third kappa shape index (κ3) is 2.21. The largest absolute Gasteiger partial charge is 0.396 e. The molecule has 1 rings (SSSR count). The summed E-state index contributed by atoms with van der Waals surface area (Å²) in [6.45, 7) is 0.736. The summed E-state index contributed by atoms with van der Waals surface area (Å²) in [6.07, 6.45) is 1.40. The Bertz CT molecular complexity index is 114. The smallest absolute Gasteiger partial charge is 0.194 e. The SMILES string of the molecule is Cl.NCCC1(CCO)N=N1. The predicted molar refractivity (Wildman–Crippen MR) is 40.2 cm³/mol. The van der Waals surface area contributed by atoms with Crippen LogP contribution in [0.15, 0.2) is 10.2 Å². The second-order valence-corrected chi connectivity index (χ2v) is 2.19. The summed E-state index contributed by atoms with van der Waals surface area (Å²) >= 11 is 0. The van der Waals surface area contributed by atoms with Crippen molar-refractivity contribution < 1.29 is 5.11 Å². The van der Waals surface area contributed by atoms with Gasteiger partial charge in [-0.1, -0.05) is 0 Å². The van der Waals surface area contributed by atoms with Crippen LogP contribution in [0.4, 0.5) is 0 Å². The van der Waals surface area contributed by atoms with E-state index in [0.717, 1.165) is 6.42 Å². The van der Waals surface area contributed by atoms with Crippen molar-refractivity contribution in [2.45, 2.75) is 18.5 Å². The van der Waals surface area contributed by atoms with Crippen molar-refractivity contribution in [3.63, 3.8) is 0 Å². The summed E-state index contributed by atoms with van der Waals surface area (Å²) in [7, 11) is 0.